The number of aliphatic carboxylic acids is 1. The first-order valence-corrected chi connectivity index (χ1v) is 5.62. The number of carboxylic acids is 1. The fourth-order valence-electron chi connectivity index (χ4n) is 1.17. The quantitative estimate of drug-likeness (QED) is 0.184. The Morgan fingerprint density at radius 2 is 2.00 bits per heavy atom. The molecule has 0 aromatic heterocycles. The van der Waals surface area contributed by atoms with E-state index in [1.165, 1.54) is 0 Å². The van der Waals surface area contributed by atoms with Crippen molar-refractivity contribution in [3.63, 3.8) is 0 Å². The monoisotopic (exact) mass is 260 g/mol. The van der Waals surface area contributed by atoms with Crippen molar-refractivity contribution in [2.45, 2.75) is 38.3 Å². The minimum Gasteiger partial charge on any atom is -0.479 e. The van der Waals surface area contributed by atoms with Crippen LogP contribution >= 0.6 is 0 Å². The molecule has 18 heavy (non-hydrogen) atoms. The lowest BCUT2D eigenvalue weighted by molar-refractivity contribution is -0.165. The molecule has 0 spiro atoms. The molecule has 0 bridgehead atoms. The van der Waals surface area contributed by atoms with E-state index in [1.54, 1.807) is 6.92 Å². The van der Waals surface area contributed by atoms with Gasteiger partial charge in [-0.05, 0) is 19.3 Å². The zero-order valence-electron chi connectivity index (χ0n) is 10.3. The number of carboxylic acid groups (broad SMARTS) is 1. The van der Waals surface area contributed by atoms with Gasteiger partial charge in [0, 0.05) is 6.54 Å². The van der Waals surface area contributed by atoms with Gasteiger partial charge in [0.2, 0.25) is 0 Å². The van der Waals surface area contributed by atoms with Gasteiger partial charge < -0.3 is 27.0 Å². The fraction of sp³-hybridized carbons (Fsp3) is 0.700. The Hall–Kier alpha value is -1.83. The number of ether oxygens (including phenoxy) is 1. The summed E-state index contributed by atoms with van der Waals surface area (Å²) in [4.78, 5) is 25.8. The topological polar surface area (TPSA) is 154 Å². The first-order valence-electron chi connectivity index (χ1n) is 5.62. The highest BCUT2D eigenvalue weighted by atomic mass is 16.6. The largest absolute Gasteiger partial charge is 0.479 e. The van der Waals surface area contributed by atoms with Crippen LogP contribution in [0.1, 0.15) is 26.2 Å². The van der Waals surface area contributed by atoms with E-state index in [2.05, 4.69) is 4.99 Å². The van der Waals surface area contributed by atoms with Crippen LogP contribution in [0.25, 0.3) is 0 Å². The highest BCUT2D eigenvalue weighted by Gasteiger charge is 2.23. The molecule has 0 aliphatic heterocycles. The maximum absolute atomic E-state index is 11.4. The highest BCUT2D eigenvalue weighted by molar-refractivity contribution is 5.80. The number of esters is 1. The van der Waals surface area contributed by atoms with Crippen molar-refractivity contribution in [1.82, 2.24) is 0 Å². The molecule has 8 heteroatoms. The van der Waals surface area contributed by atoms with Crippen molar-refractivity contribution in [3.8, 4) is 0 Å². The Bertz CT molecular complexity index is 315. The molecule has 0 aliphatic rings. The maximum atomic E-state index is 11.4. The van der Waals surface area contributed by atoms with Crippen LogP contribution in [0.15, 0.2) is 4.99 Å². The van der Waals surface area contributed by atoms with Gasteiger partial charge in [-0.15, -0.1) is 0 Å². The molecule has 0 fully saturated rings. The Labute approximate surface area is 105 Å². The molecular weight excluding hydrogens is 240 g/mol. The zero-order chi connectivity index (χ0) is 14.1. The third-order valence-electron chi connectivity index (χ3n) is 2.18. The third-order valence-corrected chi connectivity index (χ3v) is 2.18. The number of carbonyl (C=O) groups excluding carboxylic acids is 1. The Balaban J connectivity index is 4.03. The van der Waals surface area contributed by atoms with Crippen molar-refractivity contribution in [2.75, 3.05) is 6.54 Å². The van der Waals surface area contributed by atoms with Crippen molar-refractivity contribution >= 4 is 17.9 Å². The van der Waals surface area contributed by atoms with Crippen molar-refractivity contribution in [2.24, 2.45) is 22.2 Å². The standard InChI is InChI=1S/C10H20N4O4/c1-2-7(8(15)16)18-9(17)6(11)4-3-5-14-10(12)13/h6-7H,2-5,11H2,1H3,(H,15,16)(H4,12,13,14)/t6-,7?/m0/s1. The number of hydrogen-bond acceptors (Lipinski definition) is 5. The molecule has 0 rings (SSSR count). The molecule has 104 valence electrons. The zero-order valence-corrected chi connectivity index (χ0v) is 10.3. The summed E-state index contributed by atoms with van der Waals surface area (Å²) in [5, 5.41) is 8.72. The molecule has 0 heterocycles. The summed E-state index contributed by atoms with van der Waals surface area (Å²) in [6.45, 7) is 1.97. The maximum Gasteiger partial charge on any atom is 0.345 e. The summed E-state index contributed by atoms with van der Waals surface area (Å²) in [6, 6.07) is -0.868. The minimum atomic E-state index is -1.18. The van der Waals surface area contributed by atoms with Crippen LogP contribution in [0.3, 0.4) is 0 Å². The van der Waals surface area contributed by atoms with E-state index in [1.807, 2.05) is 0 Å². The second-order valence-electron chi connectivity index (χ2n) is 3.73. The SMILES string of the molecule is CCC(OC(=O)[C@@H](N)CCCN=C(N)N)C(=O)O. The molecule has 0 aromatic carbocycles. The van der Waals surface area contributed by atoms with Gasteiger partial charge in [0.05, 0.1) is 0 Å². The van der Waals surface area contributed by atoms with Crippen molar-refractivity contribution < 1.29 is 19.4 Å². The smallest absolute Gasteiger partial charge is 0.345 e. The van der Waals surface area contributed by atoms with Gasteiger partial charge in [0.1, 0.15) is 6.04 Å². The predicted molar refractivity (Wildman–Crippen MR) is 65.7 cm³/mol. The number of aliphatic imine (C=N–C) groups is 1. The number of hydrogen-bond donors (Lipinski definition) is 4. The Kier molecular flexibility index (Phi) is 7.45. The second-order valence-corrected chi connectivity index (χ2v) is 3.73. The molecule has 0 amide bonds. The number of rotatable bonds is 8. The number of carbonyl (C=O) groups is 2. The lowest BCUT2D eigenvalue weighted by Crippen LogP contribution is -2.37. The molecule has 0 saturated heterocycles. The predicted octanol–water partition coefficient (Wildman–Crippen LogP) is -1.23. The first kappa shape index (κ1) is 16.2. The summed E-state index contributed by atoms with van der Waals surface area (Å²) in [5.41, 5.74) is 15.8. The van der Waals surface area contributed by atoms with Gasteiger partial charge in [0.25, 0.3) is 0 Å². The van der Waals surface area contributed by atoms with Crippen LogP contribution in [-0.2, 0) is 14.3 Å². The van der Waals surface area contributed by atoms with Crippen molar-refractivity contribution in [3.05, 3.63) is 0 Å². The molecular formula is C10H20N4O4. The van der Waals surface area contributed by atoms with Gasteiger partial charge in [0.15, 0.2) is 12.1 Å². The van der Waals surface area contributed by atoms with Crippen LogP contribution in [0.2, 0.25) is 0 Å². The molecule has 0 aromatic rings. The van der Waals surface area contributed by atoms with Crippen LogP contribution < -0.4 is 17.2 Å². The third kappa shape index (κ3) is 6.69. The lowest BCUT2D eigenvalue weighted by atomic mass is 10.1. The average Bonchev–Trinajstić information content (AvgIpc) is 2.30. The number of nitrogens with zero attached hydrogens (tertiary/aromatic N) is 1. The van der Waals surface area contributed by atoms with E-state index in [-0.39, 0.29) is 12.4 Å². The van der Waals surface area contributed by atoms with Gasteiger partial charge in [-0.2, -0.15) is 0 Å². The minimum absolute atomic E-state index is 0.0249. The average molecular weight is 260 g/mol. The molecule has 7 N–H and O–H groups in total. The van der Waals surface area contributed by atoms with Crippen LogP contribution in [0.5, 0.6) is 0 Å². The van der Waals surface area contributed by atoms with E-state index in [0.29, 0.717) is 19.4 Å². The second kappa shape index (κ2) is 8.29. The van der Waals surface area contributed by atoms with E-state index < -0.39 is 24.1 Å². The first-order chi connectivity index (χ1) is 8.38. The van der Waals surface area contributed by atoms with Gasteiger partial charge in [-0.3, -0.25) is 9.79 Å². The molecule has 8 nitrogen and oxygen atoms in total. The Morgan fingerprint density at radius 3 is 2.44 bits per heavy atom. The number of nitrogens with two attached hydrogens (primary N) is 3. The molecule has 0 saturated carbocycles. The molecule has 0 aliphatic carbocycles. The van der Waals surface area contributed by atoms with E-state index in [4.69, 9.17) is 27.0 Å². The van der Waals surface area contributed by atoms with E-state index >= 15 is 0 Å². The van der Waals surface area contributed by atoms with Gasteiger partial charge in [-0.1, -0.05) is 6.92 Å². The van der Waals surface area contributed by atoms with Crippen LogP contribution in [0.4, 0.5) is 0 Å². The number of guanidine groups is 1. The normalized spacial score (nSPS) is 13.4. The van der Waals surface area contributed by atoms with Crippen LogP contribution in [0, 0.1) is 0 Å². The van der Waals surface area contributed by atoms with E-state index in [0.717, 1.165) is 0 Å². The molecule has 1 unspecified atom stereocenters. The van der Waals surface area contributed by atoms with E-state index in [9.17, 15) is 9.59 Å². The lowest BCUT2D eigenvalue weighted by Gasteiger charge is -2.15. The summed E-state index contributed by atoms with van der Waals surface area (Å²) in [7, 11) is 0. The summed E-state index contributed by atoms with van der Waals surface area (Å²) in [6.07, 6.45) is -0.118. The van der Waals surface area contributed by atoms with Crippen molar-refractivity contribution in [1.29, 1.82) is 0 Å². The molecule has 2 atom stereocenters. The highest BCUT2D eigenvalue weighted by Crippen LogP contribution is 2.03. The fourth-order valence-corrected chi connectivity index (χ4v) is 1.17. The Morgan fingerprint density at radius 1 is 1.39 bits per heavy atom. The molecule has 0 radical (unpaired) electrons. The summed E-state index contributed by atoms with van der Waals surface area (Å²) >= 11 is 0. The van der Waals surface area contributed by atoms with Gasteiger partial charge in [-0.25, -0.2) is 4.79 Å². The summed E-state index contributed by atoms with van der Waals surface area (Å²) in [5.74, 6) is -1.93. The van der Waals surface area contributed by atoms with Crippen LogP contribution in [-0.4, -0.2) is 41.7 Å². The summed E-state index contributed by atoms with van der Waals surface area (Å²) < 4.78 is 4.75. The van der Waals surface area contributed by atoms with Gasteiger partial charge >= 0.3 is 11.9 Å².